The Hall–Kier alpha value is -2.14. The Kier molecular flexibility index (Phi) is 4.66. The number of aromatic nitrogens is 1. The van der Waals surface area contributed by atoms with Crippen molar-refractivity contribution in [1.29, 1.82) is 0 Å². The van der Waals surface area contributed by atoms with Gasteiger partial charge < -0.3 is 10.1 Å². The van der Waals surface area contributed by atoms with E-state index in [4.69, 9.17) is 4.74 Å². The maximum Gasteiger partial charge on any atom is 0.418 e. The predicted octanol–water partition coefficient (Wildman–Crippen LogP) is 3.22. The third-order valence-corrected chi connectivity index (χ3v) is 3.16. The normalized spacial score (nSPS) is 11.6. The summed E-state index contributed by atoms with van der Waals surface area (Å²) in [7, 11) is 0. The zero-order valence-corrected chi connectivity index (χ0v) is 13.5. The fourth-order valence-corrected chi connectivity index (χ4v) is 2.21. The highest BCUT2D eigenvalue weighted by atomic mass is 16.6. The summed E-state index contributed by atoms with van der Waals surface area (Å²) in [5, 5.41) is 3.78. The summed E-state index contributed by atoms with van der Waals surface area (Å²) in [6, 6.07) is 7.14. The number of nitrogens with one attached hydrogen (secondary N) is 1. The van der Waals surface area contributed by atoms with Crippen molar-refractivity contribution in [3.05, 3.63) is 36.0 Å². The molecule has 5 nitrogen and oxygen atoms in total. The minimum Gasteiger partial charge on any atom is -0.443 e. The number of hydrogen-bond donors (Lipinski definition) is 1. The third-order valence-electron chi connectivity index (χ3n) is 3.16. The number of Topliss-reactive ketones (excluding diaryl/α,β-unsaturated/α-hetero) is 1. The van der Waals surface area contributed by atoms with Crippen LogP contribution in [0.4, 0.5) is 4.79 Å². The van der Waals surface area contributed by atoms with E-state index in [1.54, 1.807) is 24.4 Å². The van der Waals surface area contributed by atoms with Crippen molar-refractivity contribution < 1.29 is 14.3 Å². The highest BCUT2D eigenvalue weighted by molar-refractivity contribution is 6.09. The number of likely N-dealkylation sites (N-methyl/N-ethyl adjacent to an activating group) is 1. The summed E-state index contributed by atoms with van der Waals surface area (Å²) in [5.41, 5.74) is 0.726. The highest BCUT2D eigenvalue weighted by Gasteiger charge is 2.20. The van der Waals surface area contributed by atoms with E-state index in [0.29, 0.717) is 11.1 Å². The van der Waals surface area contributed by atoms with Gasteiger partial charge >= 0.3 is 6.09 Å². The van der Waals surface area contributed by atoms with Crippen LogP contribution in [0.3, 0.4) is 0 Å². The van der Waals surface area contributed by atoms with E-state index >= 15 is 0 Å². The van der Waals surface area contributed by atoms with Gasteiger partial charge in [0.05, 0.1) is 12.1 Å². The first-order valence-electron chi connectivity index (χ1n) is 7.41. The van der Waals surface area contributed by atoms with Crippen LogP contribution in [0.5, 0.6) is 0 Å². The largest absolute Gasteiger partial charge is 0.443 e. The molecular weight excluding hydrogens is 280 g/mol. The molecule has 2 aromatic rings. The van der Waals surface area contributed by atoms with Gasteiger partial charge in [-0.25, -0.2) is 4.79 Å². The van der Waals surface area contributed by atoms with Crippen molar-refractivity contribution in [3.8, 4) is 0 Å². The second-order valence-corrected chi connectivity index (χ2v) is 6.11. The lowest BCUT2D eigenvalue weighted by Crippen LogP contribution is -2.26. The van der Waals surface area contributed by atoms with Gasteiger partial charge in [0.15, 0.2) is 5.78 Å². The van der Waals surface area contributed by atoms with Crippen molar-refractivity contribution in [2.24, 2.45) is 0 Å². The monoisotopic (exact) mass is 302 g/mol. The van der Waals surface area contributed by atoms with Crippen LogP contribution in [-0.2, 0) is 4.74 Å². The number of ether oxygens (including phenoxy) is 1. The molecule has 22 heavy (non-hydrogen) atoms. The number of hydrogen-bond acceptors (Lipinski definition) is 4. The Morgan fingerprint density at radius 2 is 1.95 bits per heavy atom. The topological polar surface area (TPSA) is 60.3 Å². The maximum atomic E-state index is 12.2. The fraction of sp³-hybridized carbons (Fsp3) is 0.412. The standard InChI is InChI=1S/C17H22N2O3/c1-5-18-11-15(20)13-7-6-8-14-12(13)9-10-19(14)16(21)22-17(2,3)4/h6-10,18H,5,11H2,1-4H3. The number of fused-ring (bicyclic) bond motifs is 1. The van der Waals surface area contributed by atoms with Crippen molar-refractivity contribution in [2.75, 3.05) is 13.1 Å². The predicted molar refractivity (Wildman–Crippen MR) is 86.4 cm³/mol. The van der Waals surface area contributed by atoms with E-state index in [1.807, 2.05) is 33.8 Å². The molecular formula is C17H22N2O3. The maximum absolute atomic E-state index is 12.2. The summed E-state index contributed by atoms with van der Waals surface area (Å²) < 4.78 is 6.82. The third kappa shape index (κ3) is 3.54. The Bertz CT molecular complexity index is 695. The first-order valence-corrected chi connectivity index (χ1v) is 7.41. The molecule has 5 heteroatoms. The smallest absolute Gasteiger partial charge is 0.418 e. The van der Waals surface area contributed by atoms with Gasteiger partial charge in [0.25, 0.3) is 0 Å². The van der Waals surface area contributed by atoms with Crippen LogP contribution in [0.2, 0.25) is 0 Å². The van der Waals surface area contributed by atoms with Gasteiger partial charge in [0.1, 0.15) is 5.60 Å². The molecule has 2 rings (SSSR count). The molecule has 1 aromatic heterocycles. The molecule has 0 amide bonds. The van der Waals surface area contributed by atoms with Crippen LogP contribution >= 0.6 is 0 Å². The first-order chi connectivity index (χ1) is 10.3. The molecule has 0 spiro atoms. The number of benzene rings is 1. The van der Waals surface area contributed by atoms with E-state index in [1.165, 1.54) is 4.57 Å². The molecule has 0 bridgehead atoms. The molecule has 0 aliphatic carbocycles. The van der Waals surface area contributed by atoms with Crippen LogP contribution in [0.15, 0.2) is 30.5 Å². The lowest BCUT2D eigenvalue weighted by atomic mass is 10.1. The molecule has 118 valence electrons. The lowest BCUT2D eigenvalue weighted by molar-refractivity contribution is 0.0544. The minimum atomic E-state index is -0.563. The average Bonchev–Trinajstić information content (AvgIpc) is 2.86. The van der Waals surface area contributed by atoms with Gasteiger partial charge in [0.2, 0.25) is 0 Å². The molecule has 0 saturated carbocycles. The zero-order chi connectivity index (χ0) is 16.3. The Labute approximate surface area is 130 Å². The summed E-state index contributed by atoms with van der Waals surface area (Å²) in [4.78, 5) is 24.5. The summed E-state index contributed by atoms with van der Waals surface area (Å²) in [6.07, 6.45) is 1.20. The van der Waals surface area contributed by atoms with E-state index < -0.39 is 11.7 Å². The lowest BCUT2D eigenvalue weighted by Gasteiger charge is -2.19. The van der Waals surface area contributed by atoms with Crippen LogP contribution in [0.25, 0.3) is 10.9 Å². The first kappa shape index (κ1) is 16.2. The number of carbonyl (C=O) groups excluding carboxylic acids is 2. The van der Waals surface area contributed by atoms with Gasteiger partial charge in [-0.1, -0.05) is 19.1 Å². The van der Waals surface area contributed by atoms with Crippen molar-refractivity contribution in [3.63, 3.8) is 0 Å². The number of rotatable bonds is 4. The molecule has 0 aliphatic heterocycles. The number of nitrogens with zero attached hydrogens (tertiary/aromatic N) is 1. The molecule has 0 radical (unpaired) electrons. The number of carbonyl (C=O) groups is 2. The van der Waals surface area contributed by atoms with E-state index in [2.05, 4.69) is 5.32 Å². The molecule has 0 atom stereocenters. The summed E-state index contributed by atoms with van der Waals surface area (Å²) in [6.45, 7) is 8.44. The molecule has 0 saturated heterocycles. The quantitative estimate of drug-likeness (QED) is 0.881. The molecule has 1 heterocycles. The second-order valence-electron chi connectivity index (χ2n) is 6.11. The van der Waals surface area contributed by atoms with Gasteiger partial charge in [0, 0.05) is 17.1 Å². The fourth-order valence-electron chi connectivity index (χ4n) is 2.21. The van der Waals surface area contributed by atoms with E-state index in [9.17, 15) is 9.59 Å². The van der Waals surface area contributed by atoms with Crippen LogP contribution in [0, 0.1) is 0 Å². The second kappa shape index (κ2) is 6.32. The minimum absolute atomic E-state index is 0.00869. The van der Waals surface area contributed by atoms with Crippen molar-refractivity contribution in [1.82, 2.24) is 9.88 Å². The SMILES string of the molecule is CCNCC(=O)c1cccc2c1ccn2C(=O)OC(C)(C)C. The number of ketones is 1. The summed E-state index contributed by atoms with van der Waals surface area (Å²) >= 11 is 0. The van der Waals surface area contributed by atoms with Crippen molar-refractivity contribution in [2.45, 2.75) is 33.3 Å². The molecule has 0 fully saturated rings. The average molecular weight is 302 g/mol. The Balaban J connectivity index is 2.37. The Morgan fingerprint density at radius 1 is 1.23 bits per heavy atom. The zero-order valence-electron chi connectivity index (χ0n) is 13.5. The van der Waals surface area contributed by atoms with Gasteiger partial charge in [-0.2, -0.15) is 0 Å². The van der Waals surface area contributed by atoms with Crippen LogP contribution < -0.4 is 5.32 Å². The van der Waals surface area contributed by atoms with Crippen LogP contribution in [0.1, 0.15) is 38.1 Å². The molecule has 0 unspecified atom stereocenters. The molecule has 0 aliphatic rings. The van der Waals surface area contributed by atoms with Gasteiger partial charge in [-0.05, 0) is 39.4 Å². The van der Waals surface area contributed by atoms with E-state index in [0.717, 1.165) is 11.9 Å². The van der Waals surface area contributed by atoms with E-state index in [-0.39, 0.29) is 12.3 Å². The van der Waals surface area contributed by atoms with Crippen molar-refractivity contribution >= 4 is 22.8 Å². The molecule has 1 N–H and O–H groups in total. The van der Waals surface area contributed by atoms with Gasteiger partial charge in [-0.3, -0.25) is 9.36 Å². The Morgan fingerprint density at radius 3 is 2.59 bits per heavy atom. The molecule has 1 aromatic carbocycles. The van der Waals surface area contributed by atoms with Gasteiger partial charge in [-0.15, -0.1) is 0 Å². The highest BCUT2D eigenvalue weighted by Crippen LogP contribution is 2.22. The summed E-state index contributed by atoms with van der Waals surface area (Å²) in [5.74, 6) is 0.00869. The van der Waals surface area contributed by atoms with Crippen LogP contribution in [-0.4, -0.2) is 35.1 Å².